The van der Waals surface area contributed by atoms with Gasteiger partial charge in [-0.25, -0.2) is 0 Å². The fourth-order valence-corrected chi connectivity index (χ4v) is 5.50. The Labute approximate surface area is 179 Å². The molecule has 160 valence electrons. The van der Waals surface area contributed by atoms with Gasteiger partial charge in [-0.3, -0.25) is 0 Å². The van der Waals surface area contributed by atoms with Crippen molar-refractivity contribution in [3.63, 3.8) is 0 Å². The molecule has 0 aromatic heterocycles. The first-order valence-corrected chi connectivity index (χ1v) is 11.4. The number of ether oxygens (including phenoxy) is 1. The summed E-state index contributed by atoms with van der Waals surface area (Å²) in [5.74, 6) is 0.850. The molecule has 2 aromatic rings. The van der Waals surface area contributed by atoms with Gasteiger partial charge in [-0.15, -0.1) is 0 Å². The molecule has 2 aromatic carbocycles. The van der Waals surface area contributed by atoms with Crippen molar-refractivity contribution in [3.05, 3.63) is 63.7 Å². The molecule has 0 bridgehead atoms. The van der Waals surface area contributed by atoms with Crippen LogP contribution in [0, 0.1) is 13.8 Å². The van der Waals surface area contributed by atoms with Crippen LogP contribution in [-0.2, 0) is 12.8 Å². The SMILES string of the molecule is Cc1cc2c(cc1C)[C@H](O)CC1(CCN(C[C@H](O)c3ccc4c(c3)CCC4)CC1)O2. The third-order valence-corrected chi connectivity index (χ3v) is 7.58. The lowest BCUT2D eigenvalue weighted by molar-refractivity contribution is -0.0588. The Hall–Kier alpha value is -1.88. The number of aliphatic hydroxyl groups is 2. The van der Waals surface area contributed by atoms with E-state index in [1.54, 1.807) is 0 Å². The highest BCUT2D eigenvalue weighted by atomic mass is 16.5. The molecule has 1 spiro atoms. The van der Waals surface area contributed by atoms with E-state index in [-0.39, 0.29) is 5.60 Å². The number of fused-ring (bicyclic) bond motifs is 2. The third-order valence-electron chi connectivity index (χ3n) is 7.58. The van der Waals surface area contributed by atoms with Crippen LogP contribution in [0.15, 0.2) is 30.3 Å². The number of β-amino-alcohol motifs (C(OH)–C–C–N with tert-alkyl or cyclic N) is 1. The van der Waals surface area contributed by atoms with Gasteiger partial charge >= 0.3 is 0 Å². The molecule has 0 saturated carbocycles. The van der Waals surface area contributed by atoms with E-state index < -0.39 is 12.2 Å². The number of aryl methyl sites for hydroxylation is 4. The molecular formula is C26H33NO3. The quantitative estimate of drug-likeness (QED) is 0.802. The second kappa shape index (κ2) is 7.67. The second-order valence-electron chi connectivity index (χ2n) is 9.68. The van der Waals surface area contributed by atoms with Crippen molar-refractivity contribution >= 4 is 0 Å². The maximum atomic E-state index is 10.8. The summed E-state index contributed by atoms with van der Waals surface area (Å²) in [7, 11) is 0. The predicted molar refractivity (Wildman–Crippen MR) is 118 cm³/mol. The molecule has 3 aliphatic rings. The first kappa shape index (κ1) is 20.0. The van der Waals surface area contributed by atoms with E-state index >= 15 is 0 Å². The van der Waals surface area contributed by atoms with Crippen LogP contribution in [0.1, 0.15) is 71.3 Å². The van der Waals surface area contributed by atoms with E-state index in [0.29, 0.717) is 13.0 Å². The van der Waals surface area contributed by atoms with Crippen LogP contribution >= 0.6 is 0 Å². The van der Waals surface area contributed by atoms with Gasteiger partial charge in [0.2, 0.25) is 0 Å². The number of hydrogen-bond acceptors (Lipinski definition) is 4. The van der Waals surface area contributed by atoms with Gasteiger partial charge in [0, 0.05) is 31.6 Å². The molecule has 30 heavy (non-hydrogen) atoms. The molecule has 1 aliphatic carbocycles. The van der Waals surface area contributed by atoms with Crippen molar-refractivity contribution in [2.45, 2.75) is 70.2 Å². The fraction of sp³-hybridized carbons (Fsp3) is 0.538. The van der Waals surface area contributed by atoms with E-state index in [1.165, 1.54) is 35.1 Å². The van der Waals surface area contributed by atoms with Gasteiger partial charge in [-0.2, -0.15) is 0 Å². The number of nitrogens with zero attached hydrogens (tertiary/aromatic N) is 1. The van der Waals surface area contributed by atoms with E-state index in [4.69, 9.17) is 4.74 Å². The summed E-state index contributed by atoms with van der Waals surface area (Å²) in [4.78, 5) is 2.34. The molecule has 4 nitrogen and oxygen atoms in total. The number of benzene rings is 2. The summed E-state index contributed by atoms with van der Waals surface area (Å²) in [5.41, 5.74) is 6.94. The van der Waals surface area contributed by atoms with Crippen LogP contribution in [0.5, 0.6) is 5.75 Å². The molecule has 2 aliphatic heterocycles. The lowest BCUT2D eigenvalue weighted by atomic mass is 9.81. The number of hydrogen-bond donors (Lipinski definition) is 2. The van der Waals surface area contributed by atoms with Crippen LogP contribution < -0.4 is 4.74 Å². The second-order valence-corrected chi connectivity index (χ2v) is 9.68. The Bertz CT molecular complexity index is 946. The van der Waals surface area contributed by atoms with Gasteiger partial charge in [0.05, 0.1) is 12.2 Å². The summed E-state index contributed by atoms with van der Waals surface area (Å²) < 4.78 is 6.51. The molecule has 0 amide bonds. The van der Waals surface area contributed by atoms with Crippen molar-refractivity contribution in [2.75, 3.05) is 19.6 Å². The Morgan fingerprint density at radius 1 is 1.07 bits per heavy atom. The van der Waals surface area contributed by atoms with Crippen molar-refractivity contribution in [3.8, 4) is 5.75 Å². The lowest BCUT2D eigenvalue weighted by Crippen LogP contribution is -2.51. The summed E-state index contributed by atoms with van der Waals surface area (Å²) in [6, 6.07) is 10.7. The van der Waals surface area contributed by atoms with Gasteiger partial charge in [0.1, 0.15) is 11.4 Å². The van der Waals surface area contributed by atoms with Crippen LogP contribution in [-0.4, -0.2) is 40.3 Å². The summed E-state index contributed by atoms with van der Waals surface area (Å²) in [6.07, 6.45) is 5.06. The van der Waals surface area contributed by atoms with E-state index in [9.17, 15) is 10.2 Å². The van der Waals surface area contributed by atoms with E-state index in [0.717, 1.165) is 49.2 Å². The number of piperidine rings is 1. The van der Waals surface area contributed by atoms with Gasteiger partial charge < -0.3 is 19.8 Å². The summed E-state index contributed by atoms with van der Waals surface area (Å²) in [5, 5.41) is 21.6. The Morgan fingerprint density at radius 2 is 1.80 bits per heavy atom. The van der Waals surface area contributed by atoms with E-state index in [2.05, 4.69) is 49.1 Å². The zero-order valence-electron chi connectivity index (χ0n) is 18.2. The monoisotopic (exact) mass is 407 g/mol. The van der Waals surface area contributed by atoms with Gasteiger partial charge in [-0.05, 0) is 85.9 Å². The van der Waals surface area contributed by atoms with Gasteiger partial charge in [0.15, 0.2) is 0 Å². The first-order chi connectivity index (χ1) is 14.4. The average Bonchev–Trinajstić information content (AvgIpc) is 3.19. The van der Waals surface area contributed by atoms with Gasteiger partial charge in [-0.1, -0.05) is 18.2 Å². The maximum absolute atomic E-state index is 10.8. The van der Waals surface area contributed by atoms with Gasteiger partial charge in [0.25, 0.3) is 0 Å². The van der Waals surface area contributed by atoms with Crippen molar-refractivity contribution < 1.29 is 14.9 Å². The van der Waals surface area contributed by atoms with Crippen molar-refractivity contribution in [1.29, 1.82) is 0 Å². The van der Waals surface area contributed by atoms with Crippen LogP contribution in [0.2, 0.25) is 0 Å². The smallest absolute Gasteiger partial charge is 0.126 e. The molecular weight excluding hydrogens is 374 g/mol. The van der Waals surface area contributed by atoms with Crippen LogP contribution in [0.4, 0.5) is 0 Å². The first-order valence-electron chi connectivity index (χ1n) is 11.4. The molecule has 1 fully saturated rings. The normalized spacial score (nSPS) is 23.7. The molecule has 0 radical (unpaired) electrons. The largest absolute Gasteiger partial charge is 0.487 e. The Balaban J connectivity index is 1.23. The number of aliphatic hydroxyl groups excluding tert-OH is 2. The molecule has 1 saturated heterocycles. The lowest BCUT2D eigenvalue weighted by Gasteiger charge is -2.46. The standard InChI is InChI=1S/C26H33NO3/c1-17-12-22-23(28)15-26(30-25(22)13-18(17)2)8-10-27(11-9-26)16-24(29)21-7-6-19-4-3-5-20(19)14-21/h6-7,12-14,23-24,28-29H,3-5,8-11,15-16H2,1-2H3/t23-,24+/m1/s1. The molecule has 2 N–H and O–H groups in total. The van der Waals surface area contributed by atoms with Crippen LogP contribution in [0.3, 0.4) is 0 Å². The molecule has 2 atom stereocenters. The molecule has 2 heterocycles. The highest BCUT2D eigenvalue weighted by Gasteiger charge is 2.43. The topological polar surface area (TPSA) is 52.9 Å². The minimum absolute atomic E-state index is 0.289. The zero-order chi connectivity index (χ0) is 20.9. The summed E-state index contributed by atoms with van der Waals surface area (Å²) in [6.45, 7) is 6.60. The Kier molecular flexibility index (Phi) is 5.12. The zero-order valence-corrected chi connectivity index (χ0v) is 18.2. The van der Waals surface area contributed by atoms with E-state index in [1.807, 2.05) is 0 Å². The Morgan fingerprint density at radius 3 is 2.60 bits per heavy atom. The minimum atomic E-state index is -0.461. The third kappa shape index (κ3) is 3.66. The molecule has 4 heteroatoms. The highest BCUT2D eigenvalue weighted by Crippen LogP contribution is 2.45. The highest BCUT2D eigenvalue weighted by molar-refractivity contribution is 5.45. The molecule has 0 unspecified atom stereocenters. The number of likely N-dealkylation sites (tertiary alicyclic amines) is 1. The number of rotatable bonds is 3. The van der Waals surface area contributed by atoms with Crippen molar-refractivity contribution in [1.82, 2.24) is 4.90 Å². The maximum Gasteiger partial charge on any atom is 0.126 e. The minimum Gasteiger partial charge on any atom is -0.487 e. The van der Waals surface area contributed by atoms with Crippen LogP contribution in [0.25, 0.3) is 0 Å². The molecule has 5 rings (SSSR count). The fourth-order valence-electron chi connectivity index (χ4n) is 5.50. The van der Waals surface area contributed by atoms with Crippen molar-refractivity contribution in [2.24, 2.45) is 0 Å². The predicted octanol–water partition coefficient (Wildman–Crippen LogP) is 4.18. The summed E-state index contributed by atoms with van der Waals surface area (Å²) >= 11 is 0. The average molecular weight is 408 g/mol.